The van der Waals surface area contributed by atoms with E-state index in [0.717, 1.165) is 0 Å². The molecule has 1 aromatic carbocycles. The van der Waals surface area contributed by atoms with Crippen LogP contribution in [0.1, 0.15) is 19.8 Å². The molecule has 1 aromatic rings. The molecule has 0 radical (unpaired) electrons. The summed E-state index contributed by atoms with van der Waals surface area (Å²) in [5.74, 6) is 0.200. The van der Waals surface area contributed by atoms with E-state index in [1.807, 2.05) is 0 Å². The van der Waals surface area contributed by atoms with Crippen LogP contribution in [0.4, 0.5) is 0 Å². The third-order valence-electron chi connectivity index (χ3n) is 3.79. The van der Waals surface area contributed by atoms with Crippen LogP contribution in [0.3, 0.4) is 0 Å². The Balaban J connectivity index is 2.08. The molecule has 110 valence electrons. The van der Waals surface area contributed by atoms with Gasteiger partial charge in [0.05, 0.1) is 4.90 Å². The Morgan fingerprint density at radius 3 is 2.25 bits per heavy atom. The minimum absolute atomic E-state index is 0.001000. The fourth-order valence-corrected chi connectivity index (χ4v) is 3.66. The fourth-order valence-electron chi connectivity index (χ4n) is 2.46. The number of Topliss-reactive ketones (excluding diaryl/α,β-unsaturated/α-hetero) is 1. The molecule has 20 heavy (non-hydrogen) atoms. The summed E-state index contributed by atoms with van der Waals surface area (Å²) in [6, 6.07) is 8.12. The normalized spacial score (nSPS) is 27.2. The van der Waals surface area contributed by atoms with Crippen molar-refractivity contribution in [2.45, 2.75) is 24.7 Å². The van der Waals surface area contributed by atoms with Gasteiger partial charge in [-0.25, -0.2) is 0 Å². The summed E-state index contributed by atoms with van der Waals surface area (Å²) >= 11 is 0. The van der Waals surface area contributed by atoms with Crippen LogP contribution < -0.4 is 0 Å². The zero-order valence-electron chi connectivity index (χ0n) is 11.8. The van der Waals surface area contributed by atoms with Gasteiger partial charge in [-0.1, -0.05) is 22.5 Å². The highest BCUT2D eigenvalue weighted by atomic mass is 32.2. The van der Waals surface area contributed by atoms with Crippen molar-refractivity contribution in [3.8, 4) is 0 Å². The van der Waals surface area contributed by atoms with Gasteiger partial charge < -0.3 is 0 Å². The Kier molecular flexibility index (Phi) is 4.27. The van der Waals surface area contributed by atoms with Gasteiger partial charge in [0.15, 0.2) is 0 Å². The summed E-state index contributed by atoms with van der Waals surface area (Å²) in [4.78, 5) is 11.5. The molecular weight excluding hydrogens is 278 g/mol. The van der Waals surface area contributed by atoms with Crippen LogP contribution >= 0.6 is 0 Å². The molecule has 2 rings (SSSR count). The standard InChI is InChI=1S/C14H20NO4S/c1-12(16)13-8-10-15(2,11-9-13)19-20(17,18)14-6-4-3-5-7-14/h3-7,13H,8-11H2,1-2H3/q+1. The van der Waals surface area contributed by atoms with E-state index in [1.165, 1.54) is 12.1 Å². The highest BCUT2D eigenvalue weighted by Gasteiger charge is 2.38. The second-order valence-corrected chi connectivity index (χ2v) is 7.00. The Hall–Kier alpha value is -1.24. The Labute approximate surface area is 119 Å². The largest absolute Gasteiger partial charge is 0.342 e. The Morgan fingerprint density at radius 1 is 1.20 bits per heavy atom. The lowest BCUT2D eigenvalue weighted by molar-refractivity contribution is -1.07. The monoisotopic (exact) mass is 298 g/mol. The van der Waals surface area contributed by atoms with E-state index in [0.29, 0.717) is 25.9 Å². The van der Waals surface area contributed by atoms with E-state index < -0.39 is 10.1 Å². The Morgan fingerprint density at radius 2 is 1.75 bits per heavy atom. The number of nitrogens with zero attached hydrogens (tertiary/aromatic N) is 1. The lowest BCUT2D eigenvalue weighted by Crippen LogP contribution is -2.51. The fraction of sp³-hybridized carbons (Fsp3) is 0.500. The number of piperidine rings is 1. The van der Waals surface area contributed by atoms with Gasteiger partial charge in [0.1, 0.15) is 25.9 Å². The quantitative estimate of drug-likeness (QED) is 0.795. The van der Waals surface area contributed by atoms with Crippen molar-refractivity contribution in [3.63, 3.8) is 0 Å². The second-order valence-electron chi connectivity index (χ2n) is 5.47. The first kappa shape index (κ1) is 15.2. The number of benzene rings is 1. The molecule has 0 aliphatic carbocycles. The number of carbonyl (C=O) groups is 1. The van der Waals surface area contributed by atoms with Crippen LogP contribution in [-0.2, 0) is 19.2 Å². The topological polar surface area (TPSA) is 60.4 Å². The Bertz CT molecular complexity index is 574. The van der Waals surface area contributed by atoms with Crippen LogP contribution in [-0.4, -0.2) is 39.0 Å². The van der Waals surface area contributed by atoms with Gasteiger partial charge in [0.2, 0.25) is 0 Å². The minimum atomic E-state index is -3.77. The molecule has 0 amide bonds. The summed E-state index contributed by atoms with van der Waals surface area (Å²) in [7, 11) is -2.02. The number of rotatable bonds is 4. The third kappa shape index (κ3) is 3.45. The molecule has 0 unspecified atom stereocenters. The van der Waals surface area contributed by atoms with Crippen LogP contribution in [0.5, 0.6) is 0 Å². The highest BCUT2D eigenvalue weighted by Crippen LogP contribution is 2.26. The number of carbonyl (C=O) groups excluding carboxylic acids is 1. The summed E-state index contributed by atoms with van der Waals surface area (Å²) in [6.45, 7) is 2.63. The van der Waals surface area contributed by atoms with E-state index >= 15 is 0 Å². The molecule has 0 bridgehead atoms. The molecule has 5 nitrogen and oxygen atoms in total. The van der Waals surface area contributed by atoms with Gasteiger partial charge in [-0.2, -0.15) is 13.1 Å². The SMILES string of the molecule is CC(=O)C1CC[N+](C)(OS(=O)(=O)c2ccccc2)CC1. The number of likely N-dealkylation sites (tertiary alicyclic amines) is 1. The minimum Gasteiger partial charge on any atom is -0.300 e. The maximum absolute atomic E-state index is 12.2. The van der Waals surface area contributed by atoms with Crippen molar-refractivity contribution in [1.82, 2.24) is 0 Å². The van der Waals surface area contributed by atoms with Crippen molar-refractivity contribution in [2.24, 2.45) is 5.92 Å². The van der Waals surface area contributed by atoms with Crippen molar-refractivity contribution < 1.29 is 22.1 Å². The molecule has 1 heterocycles. The summed E-state index contributed by atoms with van der Waals surface area (Å²) in [6.07, 6.45) is 1.33. The zero-order chi connectivity index (χ0) is 14.8. The molecule has 0 spiro atoms. The van der Waals surface area contributed by atoms with Crippen molar-refractivity contribution in [3.05, 3.63) is 30.3 Å². The van der Waals surface area contributed by atoms with Crippen LogP contribution in [0.2, 0.25) is 0 Å². The third-order valence-corrected chi connectivity index (χ3v) is 5.19. The van der Waals surface area contributed by atoms with Gasteiger partial charge in [-0.05, 0) is 19.1 Å². The molecule has 0 saturated carbocycles. The van der Waals surface area contributed by atoms with Gasteiger partial charge in [0, 0.05) is 18.8 Å². The lowest BCUT2D eigenvalue weighted by atomic mass is 9.93. The highest BCUT2D eigenvalue weighted by molar-refractivity contribution is 7.86. The molecule has 6 heteroatoms. The first-order chi connectivity index (χ1) is 9.32. The van der Waals surface area contributed by atoms with E-state index in [2.05, 4.69) is 0 Å². The molecular formula is C14H20NO4S+. The molecule has 1 aliphatic rings. The van der Waals surface area contributed by atoms with E-state index in [1.54, 1.807) is 32.2 Å². The second kappa shape index (κ2) is 5.63. The van der Waals surface area contributed by atoms with Crippen LogP contribution in [0, 0.1) is 5.92 Å². The smallest absolute Gasteiger partial charge is 0.300 e. The molecule has 0 atom stereocenters. The molecule has 0 aromatic heterocycles. The van der Waals surface area contributed by atoms with Crippen molar-refractivity contribution in [2.75, 3.05) is 20.1 Å². The van der Waals surface area contributed by atoms with Crippen LogP contribution in [0.25, 0.3) is 0 Å². The van der Waals surface area contributed by atoms with E-state index in [9.17, 15) is 13.2 Å². The number of hydroxylamine groups is 3. The summed E-state index contributed by atoms with van der Waals surface area (Å²) < 4.78 is 29.8. The van der Waals surface area contributed by atoms with E-state index in [-0.39, 0.29) is 21.2 Å². The molecule has 1 fully saturated rings. The van der Waals surface area contributed by atoms with Gasteiger partial charge in [-0.3, -0.25) is 4.79 Å². The number of hydrogen-bond acceptors (Lipinski definition) is 4. The van der Waals surface area contributed by atoms with Gasteiger partial charge in [0.25, 0.3) is 0 Å². The van der Waals surface area contributed by atoms with Gasteiger partial charge in [-0.15, -0.1) is 0 Å². The maximum Gasteiger partial charge on any atom is 0.342 e. The summed E-state index contributed by atoms with van der Waals surface area (Å²) in [5.41, 5.74) is 0. The summed E-state index contributed by atoms with van der Waals surface area (Å²) in [5, 5.41) is 0. The number of quaternary nitrogens is 1. The van der Waals surface area contributed by atoms with Crippen LogP contribution in [0.15, 0.2) is 35.2 Å². The maximum atomic E-state index is 12.2. The predicted octanol–water partition coefficient (Wildman–Crippen LogP) is 1.75. The average Bonchev–Trinajstić information content (AvgIpc) is 2.39. The molecule has 0 N–H and O–H groups in total. The molecule has 1 saturated heterocycles. The van der Waals surface area contributed by atoms with E-state index in [4.69, 9.17) is 4.28 Å². The zero-order valence-corrected chi connectivity index (χ0v) is 12.6. The van der Waals surface area contributed by atoms with Gasteiger partial charge >= 0.3 is 10.1 Å². The number of ketones is 1. The molecule has 1 aliphatic heterocycles. The average molecular weight is 298 g/mol. The van der Waals surface area contributed by atoms with Crippen molar-refractivity contribution in [1.29, 1.82) is 0 Å². The number of hydrogen-bond donors (Lipinski definition) is 0. The first-order valence-electron chi connectivity index (χ1n) is 6.69. The lowest BCUT2D eigenvalue weighted by Gasteiger charge is -2.35. The first-order valence-corrected chi connectivity index (χ1v) is 8.09. The van der Waals surface area contributed by atoms with Crippen molar-refractivity contribution >= 4 is 15.9 Å². The predicted molar refractivity (Wildman–Crippen MR) is 74.0 cm³/mol.